The molecule has 130 valence electrons. The van der Waals surface area contributed by atoms with Gasteiger partial charge in [0.2, 0.25) is 0 Å². The summed E-state index contributed by atoms with van der Waals surface area (Å²) in [6.07, 6.45) is 4.93. The van der Waals surface area contributed by atoms with Gasteiger partial charge >= 0.3 is 11.9 Å². The molecule has 4 heteroatoms. The van der Waals surface area contributed by atoms with Crippen molar-refractivity contribution in [1.82, 2.24) is 0 Å². The normalized spacial score (nSPS) is 17.0. The Balaban J connectivity index is 6.09. The van der Waals surface area contributed by atoms with E-state index < -0.39 is 22.8 Å². The third kappa shape index (κ3) is 4.23. The molecule has 0 aromatic carbocycles. The van der Waals surface area contributed by atoms with E-state index in [9.17, 15) is 19.8 Å². The largest absolute Gasteiger partial charge is 0.481 e. The van der Waals surface area contributed by atoms with E-state index in [1.54, 1.807) is 0 Å². The van der Waals surface area contributed by atoms with Crippen molar-refractivity contribution in [2.24, 2.45) is 16.7 Å². The van der Waals surface area contributed by atoms with Gasteiger partial charge in [-0.05, 0) is 31.6 Å². The Bertz CT molecular complexity index is 364. The van der Waals surface area contributed by atoms with Gasteiger partial charge in [0.05, 0.1) is 10.8 Å². The maximum absolute atomic E-state index is 12.3. The summed E-state index contributed by atoms with van der Waals surface area (Å²) in [4.78, 5) is 24.5. The summed E-state index contributed by atoms with van der Waals surface area (Å²) in [5.41, 5.74) is -2.35. The second-order valence-electron chi connectivity index (χ2n) is 6.93. The standard InChI is InChI=1S/C18H34O4/c1-6-9-11-17(8-3,15(19)20)18(16(21)22,12-10-7-2)13-14(4)5/h14H,6-13H2,1-5H3,(H,19,20)(H,21,22). The second kappa shape index (κ2) is 9.16. The number of carboxylic acids is 2. The molecule has 0 spiro atoms. The van der Waals surface area contributed by atoms with Gasteiger partial charge in [-0.1, -0.05) is 60.3 Å². The molecule has 0 radical (unpaired) electrons. The predicted molar refractivity (Wildman–Crippen MR) is 88.9 cm³/mol. The Kier molecular flexibility index (Phi) is 8.72. The first kappa shape index (κ1) is 20.9. The zero-order valence-electron chi connectivity index (χ0n) is 14.9. The lowest BCUT2D eigenvalue weighted by atomic mass is 9.54. The van der Waals surface area contributed by atoms with Crippen LogP contribution in [-0.4, -0.2) is 22.2 Å². The van der Waals surface area contributed by atoms with Crippen LogP contribution in [-0.2, 0) is 9.59 Å². The van der Waals surface area contributed by atoms with Crippen LogP contribution in [0.3, 0.4) is 0 Å². The highest BCUT2D eigenvalue weighted by Crippen LogP contribution is 2.53. The Hall–Kier alpha value is -1.06. The summed E-state index contributed by atoms with van der Waals surface area (Å²) in [5, 5.41) is 20.0. The first-order valence-corrected chi connectivity index (χ1v) is 8.70. The molecule has 0 heterocycles. The minimum atomic E-state index is -1.17. The molecule has 0 aliphatic heterocycles. The van der Waals surface area contributed by atoms with Crippen molar-refractivity contribution in [2.75, 3.05) is 0 Å². The maximum Gasteiger partial charge on any atom is 0.310 e. The summed E-state index contributed by atoms with van der Waals surface area (Å²) in [6.45, 7) is 9.81. The molecule has 4 nitrogen and oxygen atoms in total. The van der Waals surface area contributed by atoms with Crippen molar-refractivity contribution in [1.29, 1.82) is 0 Å². The highest BCUT2D eigenvalue weighted by Gasteiger charge is 2.59. The highest BCUT2D eigenvalue weighted by molar-refractivity contribution is 5.86. The van der Waals surface area contributed by atoms with Crippen LogP contribution in [0.5, 0.6) is 0 Å². The van der Waals surface area contributed by atoms with E-state index in [1.807, 2.05) is 34.6 Å². The fourth-order valence-electron chi connectivity index (χ4n) is 3.81. The Morgan fingerprint density at radius 1 is 0.864 bits per heavy atom. The molecule has 0 aliphatic rings. The van der Waals surface area contributed by atoms with Crippen molar-refractivity contribution in [2.45, 2.75) is 86.0 Å². The molecule has 22 heavy (non-hydrogen) atoms. The fraction of sp³-hybridized carbons (Fsp3) is 0.889. The van der Waals surface area contributed by atoms with Crippen molar-refractivity contribution in [3.05, 3.63) is 0 Å². The molecule has 2 N–H and O–H groups in total. The van der Waals surface area contributed by atoms with E-state index in [-0.39, 0.29) is 5.92 Å². The van der Waals surface area contributed by atoms with Crippen molar-refractivity contribution >= 4 is 11.9 Å². The van der Waals surface area contributed by atoms with Crippen molar-refractivity contribution < 1.29 is 19.8 Å². The molecule has 0 rings (SSSR count). The average Bonchev–Trinajstić information content (AvgIpc) is 2.44. The molecule has 2 unspecified atom stereocenters. The van der Waals surface area contributed by atoms with Crippen molar-refractivity contribution in [3.8, 4) is 0 Å². The number of aliphatic carboxylic acids is 2. The summed E-state index contributed by atoms with van der Waals surface area (Å²) >= 11 is 0. The van der Waals surface area contributed by atoms with E-state index in [4.69, 9.17) is 0 Å². The summed E-state index contributed by atoms with van der Waals surface area (Å²) in [7, 11) is 0. The second-order valence-corrected chi connectivity index (χ2v) is 6.93. The third-order valence-electron chi connectivity index (χ3n) is 5.01. The van der Waals surface area contributed by atoms with E-state index in [0.717, 1.165) is 25.7 Å². The van der Waals surface area contributed by atoms with Gasteiger partial charge < -0.3 is 10.2 Å². The van der Waals surface area contributed by atoms with Gasteiger partial charge in [0.25, 0.3) is 0 Å². The fourth-order valence-corrected chi connectivity index (χ4v) is 3.81. The Labute approximate surface area is 135 Å². The molecule has 0 aliphatic carbocycles. The zero-order chi connectivity index (χ0) is 17.4. The SMILES string of the molecule is CCCCC(CC)(C(=O)O)C(CCCC)(CC(C)C)C(=O)O. The van der Waals surface area contributed by atoms with Crippen molar-refractivity contribution in [3.63, 3.8) is 0 Å². The zero-order valence-corrected chi connectivity index (χ0v) is 14.9. The van der Waals surface area contributed by atoms with Crippen LogP contribution in [0.1, 0.15) is 86.0 Å². The topological polar surface area (TPSA) is 74.6 Å². The third-order valence-corrected chi connectivity index (χ3v) is 5.01. The summed E-state index contributed by atoms with van der Waals surface area (Å²) < 4.78 is 0. The molecule has 0 bridgehead atoms. The van der Waals surface area contributed by atoms with Crippen LogP contribution in [0.15, 0.2) is 0 Å². The molecule has 0 saturated carbocycles. The molecule has 0 saturated heterocycles. The number of carbonyl (C=O) groups is 2. The number of hydrogen-bond acceptors (Lipinski definition) is 2. The lowest BCUT2D eigenvalue weighted by Gasteiger charge is -2.46. The molecule has 0 aromatic rings. The minimum absolute atomic E-state index is 0.153. The van der Waals surface area contributed by atoms with Crippen LogP contribution in [0, 0.1) is 16.7 Å². The van der Waals surface area contributed by atoms with E-state index in [1.165, 1.54) is 0 Å². The van der Waals surface area contributed by atoms with Gasteiger partial charge in [-0.25, -0.2) is 0 Å². The molecule has 0 fully saturated rings. The monoisotopic (exact) mass is 314 g/mol. The highest BCUT2D eigenvalue weighted by atomic mass is 16.4. The number of rotatable bonds is 12. The lowest BCUT2D eigenvalue weighted by Crippen LogP contribution is -2.53. The van der Waals surface area contributed by atoms with Crippen LogP contribution >= 0.6 is 0 Å². The first-order valence-electron chi connectivity index (χ1n) is 8.70. The van der Waals surface area contributed by atoms with Gasteiger partial charge in [0, 0.05) is 0 Å². The first-order chi connectivity index (χ1) is 10.2. The van der Waals surface area contributed by atoms with Gasteiger partial charge in [0.15, 0.2) is 0 Å². The van der Waals surface area contributed by atoms with E-state index >= 15 is 0 Å². The molecular formula is C18H34O4. The van der Waals surface area contributed by atoms with Crippen LogP contribution < -0.4 is 0 Å². The molecule has 2 atom stereocenters. The Morgan fingerprint density at radius 3 is 1.55 bits per heavy atom. The molecule has 0 amide bonds. The average molecular weight is 314 g/mol. The number of hydrogen-bond donors (Lipinski definition) is 2. The number of unbranched alkanes of at least 4 members (excludes halogenated alkanes) is 2. The van der Waals surface area contributed by atoms with Gasteiger partial charge in [-0.2, -0.15) is 0 Å². The molecule has 0 aromatic heterocycles. The quantitative estimate of drug-likeness (QED) is 0.533. The lowest BCUT2D eigenvalue weighted by molar-refractivity contribution is -0.179. The van der Waals surface area contributed by atoms with Crippen LogP contribution in [0.25, 0.3) is 0 Å². The predicted octanol–water partition coefficient (Wildman–Crippen LogP) is 4.96. The maximum atomic E-state index is 12.3. The summed E-state index contributed by atoms with van der Waals surface area (Å²) in [5.74, 6) is -1.72. The van der Waals surface area contributed by atoms with E-state index in [2.05, 4.69) is 0 Å². The van der Waals surface area contributed by atoms with Gasteiger partial charge in [-0.15, -0.1) is 0 Å². The summed E-state index contributed by atoms with van der Waals surface area (Å²) in [6, 6.07) is 0. The number of carboxylic acid groups (broad SMARTS) is 2. The smallest absolute Gasteiger partial charge is 0.310 e. The molecular weight excluding hydrogens is 280 g/mol. The van der Waals surface area contributed by atoms with Gasteiger partial charge in [-0.3, -0.25) is 9.59 Å². The van der Waals surface area contributed by atoms with Crippen LogP contribution in [0.2, 0.25) is 0 Å². The van der Waals surface area contributed by atoms with Gasteiger partial charge in [0.1, 0.15) is 0 Å². The van der Waals surface area contributed by atoms with Crippen LogP contribution in [0.4, 0.5) is 0 Å². The minimum Gasteiger partial charge on any atom is -0.481 e. The van der Waals surface area contributed by atoms with E-state index in [0.29, 0.717) is 25.7 Å². The Morgan fingerprint density at radius 2 is 1.27 bits per heavy atom.